The Bertz CT molecular complexity index is 566. The molecule has 1 N–H and O–H groups in total. The number of nitrogens with zero attached hydrogens (tertiary/aromatic N) is 2. The van der Waals surface area contributed by atoms with E-state index >= 15 is 0 Å². The van der Waals surface area contributed by atoms with E-state index in [4.69, 9.17) is 0 Å². The molecule has 0 aromatic heterocycles. The number of likely N-dealkylation sites (N-methyl/N-ethyl adjacent to an activating group) is 1. The van der Waals surface area contributed by atoms with E-state index in [9.17, 15) is 9.59 Å². The second kappa shape index (κ2) is 5.48. The lowest BCUT2D eigenvalue weighted by Gasteiger charge is -2.23. The summed E-state index contributed by atoms with van der Waals surface area (Å²) in [5.41, 5.74) is 0.985. The highest BCUT2D eigenvalue weighted by atomic mass is 16.2. The Labute approximate surface area is 125 Å². The van der Waals surface area contributed by atoms with Crippen molar-refractivity contribution in [2.75, 3.05) is 20.6 Å². The molecule has 21 heavy (non-hydrogen) atoms. The number of nitrogens with one attached hydrogen (secondary N) is 1. The van der Waals surface area contributed by atoms with Crippen molar-refractivity contribution >= 4 is 11.8 Å². The van der Waals surface area contributed by atoms with Crippen LogP contribution in [0.3, 0.4) is 0 Å². The average molecular weight is 289 g/mol. The Morgan fingerprint density at radius 2 is 2.05 bits per heavy atom. The van der Waals surface area contributed by atoms with Gasteiger partial charge in [-0.2, -0.15) is 0 Å². The molecule has 0 bridgehead atoms. The van der Waals surface area contributed by atoms with Gasteiger partial charge < -0.3 is 9.80 Å². The van der Waals surface area contributed by atoms with Crippen molar-refractivity contribution in [2.45, 2.75) is 32.5 Å². The molecule has 1 aliphatic heterocycles. The molecule has 1 aromatic carbocycles. The Hall–Kier alpha value is -1.88. The first-order valence-corrected chi connectivity index (χ1v) is 7.18. The normalized spacial score (nSPS) is 20.7. The molecule has 1 atom stereocenters. The smallest absolute Gasteiger partial charge is 0.253 e. The minimum atomic E-state index is -0.581. The molecule has 1 aliphatic rings. The van der Waals surface area contributed by atoms with Crippen molar-refractivity contribution in [3.63, 3.8) is 0 Å². The Balaban J connectivity index is 2.36. The molecule has 1 aromatic rings. The van der Waals surface area contributed by atoms with Crippen molar-refractivity contribution in [2.24, 2.45) is 0 Å². The van der Waals surface area contributed by atoms with E-state index in [-0.39, 0.29) is 18.0 Å². The van der Waals surface area contributed by atoms with Gasteiger partial charge in [0.25, 0.3) is 5.91 Å². The summed E-state index contributed by atoms with van der Waals surface area (Å²) in [6.07, 6.45) is -0.188. The average Bonchev–Trinajstić information content (AvgIpc) is 2.68. The SMILES string of the molecule is CCN1C(=O)C(C)(C)NC1c1cccc(C(=O)N(C)C)c1. The highest BCUT2D eigenvalue weighted by Gasteiger charge is 2.44. The van der Waals surface area contributed by atoms with Crippen LogP contribution in [-0.4, -0.2) is 47.8 Å². The summed E-state index contributed by atoms with van der Waals surface area (Å²) >= 11 is 0. The van der Waals surface area contributed by atoms with Crippen LogP contribution in [0, 0.1) is 0 Å². The molecule has 2 amide bonds. The molecule has 5 heteroatoms. The predicted molar refractivity (Wildman–Crippen MR) is 81.8 cm³/mol. The largest absolute Gasteiger partial charge is 0.345 e. The van der Waals surface area contributed by atoms with Crippen LogP contribution >= 0.6 is 0 Å². The van der Waals surface area contributed by atoms with Gasteiger partial charge in [-0.25, -0.2) is 0 Å². The molecule has 0 spiro atoms. The number of amides is 2. The van der Waals surface area contributed by atoms with Gasteiger partial charge in [0.1, 0.15) is 6.17 Å². The second-order valence-corrected chi connectivity index (χ2v) is 6.09. The van der Waals surface area contributed by atoms with Gasteiger partial charge in [-0.05, 0) is 38.5 Å². The first-order valence-electron chi connectivity index (χ1n) is 7.18. The van der Waals surface area contributed by atoms with E-state index in [1.165, 1.54) is 0 Å². The molecule has 1 unspecified atom stereocenters. The maximum Gasteiger partial charge on any atom is 0.253 e. The first-order chi connectivity index (χ1) is 9.77. The van der Waals surface area contributed by atoms with Crippen LogP contribution in [0.5, 0.6) is 0 Å². The Morgan fingerprint density at radius 3 is 2.62 bits per heavy atom. The molecule has 0 saturated carbocycles. The first kappa shape index (κ1) is 15.5. The van der Waals surface area contributed by atoms with Crippen molar-refractivity contribution < 1.29 is 9.59 Å². The van der Waals surface area contributed by atoms with E-state index in [1.807, 2.05) is 39.0 Å². The van der Waals surface area contributed by atoms with Crippen molar-refractivity contribution in [1.29, 1.82) is 0 Å². The zero-order chi connectivity index (χ0) is 15.8. The third kappa shape index (κ3) is 2.78. The quantitative estimate of drug-likeness (QED) is 0.920. The van der Waals surface area contributed by atoms with Crippen molar-refractivity contribution in [3.8, 4) is 0 Å². The summed E-state index contributed by atoms with van der Waals surface area (Å²) in [7, 11) is 3.46. The van der Waals surface area contributed by atoms with Gasteiger partial charge in [0, 0.05) is 26.2 Å². The number of hydrogen-bond acceptors (Lipinski definition) is 3. The molecule has 0 aliphatic carbocycles. The van der Waals surface area contributed by atoms with Crippen molar-refractivity contribution in [3.05, 3.63) is 35.4 Å². The topological polar surface area (TPSA) is 52.7 Å². The predicted octanol–water partition coefficient (Wildman–Crippen LogP) is 1.62. The number of hydrogen-bond donors (Lipinski definition) is 1. The maximum atomic E-state index is 12.4. The van der Waals surface area contributed by atoms with E-state index in [1.54, 1.807) is 30.0 Å². The van der Waals surface area contributed by atoms with Gasteiger partial charge in [0.05, 0.1) is 5.54 Å². The summed E-state index contributed by atoms with van der Waals surface area (Å²) in [5.74, 6) is 0.0443. The summed E-state index contributed by atoms with van der Waals surface area (Å²) in [4.78, 5) is 27.8. The van der Waals surface area contributed by atoms with Crippen LogP contribution in [0.15, 0.2) is 24.3 Å². The van der Waals surface area contributed by atoms with Gasteiger partial charge >= 0.3 is 0 Å². The lowest BCUT2D eigenvalue weighted by molar-refractivity contribution is -0.132. The fourth-order valence-corrected chi connectivity index (χ4v) is 2.65. The van der Waals surface area contributed by atoms with Crippen LogP contribution < -0.4 is 5.32 Å². The molecule has 2 rings (SSSR count). The highest BCUT2D eigenvalue weighted by molar-refractivity contribution is 5.94. The minimum absolute atomic E-state index is 0.0384. The third-order valence-electron chi connectivity index (χ3n) is 3.80. The molecule has 1 heterocycles. The monoisotopic (exact) mass is 289 g/mol. The van der Waals surface area contributed by atoms with Crippen LogP contribution in [-0.2, 0) is 4.79 Å². The summed E-state index contributed by atoms with van der Waals surface area (Å²) < 4.78 is 0. The lowest BCUT2D eigenvalue weighted by Crippen LogP contribution is -2.40. The summed E-state index contributed by atoms with van der Waals surface area (Å²) in [6, 6.07) is 7.46. The van der Waals surface area contributed by atoms with Gasteiger partial charge in [-0.15, -0.1) is 0 Å². The fourth-order valence-electron chi connectivity index (χ4n) is 2.65. The van der Waals surface area contributed by atoms with E-state index in [0.717, 1.165) is 5.56 Å². The second-order valence-electron chi connectivity index (χ2n) is 6.09. The minimum Gasteiger partial charge on any atom is -0.345 e. The van der Waals surface area contributed by atoms with E-state index in [0.29, 0.717) is 12.1 Å². The van der Waals surface area contributed by atoms with Gasteiger partial charge in [0.15, 0.2) is 0 Å². The molecule has 1 saturated heterocycles. The lowest BCUT2D eigenvalue weighted by atomic mass is 10.1. The van der Waals surface area contributed by atoms with Crippen LogP contribution in [0.4, 0.5) is 0 Å². The molecule has 114 valence electrons. The number of carbonyl (C=O) groups is 2. The molecule has 1 fully saturated rings. The van der Waals surface area contributed by atoms with Crippen LogP contribution in [0.2, 0.25) is 0 Å². The van der Waals surface area contributed by atoms with E-state index < -0.39 is 5.54 Å². The number of benzene rings is 1. The standard InChI is InChI=1S/C16H23N3O2/c1-6-19-13(17-16(2,3)15(19)21)11-8-7-9-12(10-11)14(20)18(4)5/h7-10,13,17H,6H2,1-5H3. The van der Waals surface area contributed by atoms with Crippen LogP contribution in [0.25, 0.3) is 0 Å². The molecule has 5 nitrogen and oxygen atoms in total. The molecule has 0 radical (unpaired) electrons. The van der Waals surface area contributed by atoms with Crippen molar-refractivity contribution in [1.82, 2.24) is 15.1 Å². The Morgan fingerprint density at radius 1 is 1.38 bits per heavy atom. The van der Waals surface area contributed by atoms with Gasteiger partial charge in [-0.3, -0.25) is 14.9 Å². The highest BCUT2D eigenvalue weighted by Crippen LogP contribution is 2.30. The van der Waals surface area contributed by atoms with Gasteiger partial charge in [-0.1, -0.05) is 12.1 Å². The van der Waals surface area contributed by atoms with E-state index in [2.05, 4.69) is 5.32 Å². The zero-order valence-corrected chi connectivity index (χ0v) is 13.3. The zero-order valence-electron chi connectivity index (χ0n) is 13.3. The van der Waals surface area contributed by atoms with Crippen LogP contribution in [0.1, 0.15) is 42.9 Å². The summed E-state index contributed by atoms with van der Waals surface area (Å²) in [5, 5.41) is 3.34. The fraction of sp³-hybridized carbons (Fsp3) is 0.500. The number of carbonyl (C=O) groups excluding carboxylic acids is 2. The molecular weight excluding hydrogens is 266 g/mol. The molecular formula is C16H23N3O2. The third-order valence-corrected chi connectivity index (χ3v) is 3.80. The van der Waals surface area contributed by atoms with Gasteiger partial charge in [0.2, 0.25) is 5.91 Å². The maximum absolute atomic E-state index is 12.4. The summed E-state index contributed by atoms with van der Waals surface area (Å²) in [6.45, 7) is 6.36. The number of rotatable bonds is 3. The Kier molecular flexibility index (Phi) is 4.05.